The van der Waals surface area contributed by atoms with Crippen LogP contribution in [0.3, 0.4) is 0 Å². The number of rotatable bonds is 6. The highest BCUT2D eigenvalue weighted by molar-refractivity contribution is 6.03. The number of anilines is 1. The lowest BCUT2D eigenvalue weighted by Crippen LogP contribution is -2.34. The summed E-state index contributed by atoms with van der Waals surface area (Å²) in [4.78, 5) is 23.6. The summed E-state index contributed by atoms with van der Waals surface area (Å²) < 4.78 is 5.33. The molecule has 1 fully saturated rings. The van der Waals surface area contributed by atoms with Gasteiger partial charge in [-0.3, -0.25) is 9.59 Å². The molecule has 1 aromatic carbocycles. The van der Waals surface area contributed by atoms with E-state index in [1.165, 1.54) is 0 Å². The van der Waals surface area contributed by atoms with Crippen LogP contribution in [0.2, 0.25) is 0 Å². The van der Waals surface area contributed by atoms with Gasteiger partial charge in [0.2, 0.25) is 11.8 Å². The molecular weight excluding hydrogens is 268 g/mol. The van der Waals surface area contributed by atoms with E-state index in [4.69, 9.17) is 4.74 Å². The largest absolute Gasteiger partial charge is 0.494 e. The van der Waals surface area contributed by atoms with E-state index in [0.717, 1.165) is 31.4 Å². The van der Waals surface area contributed by atoms with Crippen LogP contribution in [-0.4, -0.2) is 24.5 Å². The van der Waals surface area contributed by atoms with Gasteiger partial charge in [0.15, 0.2) is 0 Å². The predicted octanol–water partition coefficient (Wildman–Crippen LogP) is 2.47. The maximum atomic E-state index is 11.8. The molecule has 0 heterocycles. The number of amides is 2. The predicted molar refractivity (Wildman–Crippen MR) is 81.3 cm³/mol. The Balaban J connectivity index is 1.76. The second kappa shape index (κ2) is 7.67. The molecule has 21 heavy (non-hydrogen) atoms. The molecule has 0 unspecified atom stereocenters. The molecule has 1 aliphatic carbocycles. The quantitative estimate of drug-likeness (QED) is 0.791. The van der Waals surface area contributed by atoms with Crippen molar-refractivity contribution in [1.82, 2.24) is 5.32 Å². The molecule has 0 radical (unpaired) electrons. The zero-order valence-corrected chi connectivity index (χ0v) is 12.4. The molecule has 0 aromatic heterocycles. The molecule has 5 heteroatoms. The summed E-state index contributed by atoms with van der Waals surface area (Å²) in [5.41, 5.74) is 0.664. The minimum absolute atomic E-state index is 0.135. The van der Waals surface area contributed by atoms with Crippen molar-refractivity contribution in [2.45, 2.75) is 45.1 Å². The second-order valence-corrected chi connectivity index (χ2v) is 5.23. The molecule has 0 bridgehead atoms. The van der Waals surface area contributed by atoms with E-state index in [9.17, 15) is 9.59 Å². The molecule has 0 saturated heterocycles. The van der Waals surface area contributed by atoms with E-state index in [-0.39, 0.29) is 24.3 Å². The van der Waals surface area contributed by atoms with Crippen molar-refractivity contribution in [2.24, 2.45) is 0 Å². The molecule has 1 aliphatic rings. The van der Waals surface area contributed by atoms with Crippen molar-refractivity contribution >= 4 is 17.5 Å². The van der Waals surface area contributed by atoms with Crippen LogP contribution in [-0.2, 0) is 9.59 Å². The standard InChI is InChI=1S/C16H22N2O3/c1-2-21-14-9-7-13(8-10-14)18-16(20)11-15(19)17-12-5-3-4-6-12/h7-10,12H,2-6,11H2,1H3,(H,17,19)(H,18,20). The van der Waals surface area contributed by atoms with Gasteiger partial charge in [-0.25, -0.2) is 0 Å². The molecule has 2 N–H and O–H groups in total. The van der Waals surface area contributed by atoms with Crippen LogP contribution in [0, 0.1) is 0 Å². The first-order valence-electron chi connectivity index (χ1n) is 7.49. The fourth-order valence-corrected chi connectivity index (χ4v) is 2.50. The van der Waals surface area contributed by atoms with Gasteiger partial charge in [-0.15, -0.1) is 0 Å². The van der Waals surface area contributed by atoms with Crippen molar-refractivity contribution in [3.63, 3.8) is 0 Å². The summed E-state index contributed by atoms with van der Waals surface area (Å²) in [6.45, 7) is 2.52. The molecule has 5 nitrogen and oxygen atoms in total. The van der Waals surface area contributed by atoms with Gasteiger partial charge in [-0.2, -0.15) is 0 Å². The van der Waals surface area contributed by atoms with Crippen molar-refractivity contribution < 1.29 is 14.3 Å². The Morgan fingerprint density at radius 2 is 1.81 bits per heavy atom. The van der Waals surface area contributed by atoms with Crippen LogP contribution in [0.5, 0.6) is 5.75 Å². The Bertz CT molecular complexity index is 479. The average molecular weight is 290 g/mol. The van der Waals surface area contributed by atoms with E-state index in [2.05, 4.69) is 10.6 Å². The Kier molecular flexibility index (Phi) is 5.60. The van der Waals surface area contributed by atoms with Crippen LogP contribution in [0.1, 0.15) is 39.0 Å². The van der Waals surface area contributed by atoms with E-state index >= 15 is 0 Å². The maximum absolute atomic E-state index is 11.8. The van der Waals surface area contributed by atoms with Crippen LogP contribution >= 0.6 is 0 Å². The number of hydrogen-bond acceptors (Lipinski definition) is 3. The Morgan fingerprint density at radius 1 is 1.14 bits per heavy atom. The summed E-state index contributed by atoms with van der Waals surface area (Å²) in [6.07, 6.45) is 4.22. The van der Waals surface area contributed by atoms with Gasteiger partial charge >= 0.3 is 0 Å². The molecule has 2 amide bonds. The number of carbonyl (C=O) groups is 2. The summed E-state index contributed by atoms with van der Waals surface area (Å²) in [5.74, 6) is 0.259. The second-order valence-electron chi connectivity index (χ2n) is 5.23. The van der Waals surface area contributed by atoms with Gasteiger partial charge in [0.25, 0.3) is 0 Å². The van der Waals surface area contributed by atoms with Gasteiger partial charge < -0.3 is 15.4 Å². The first kappa shape index (κ1) is 15.4. The lowest BCUT2D eigenvalue weighted by atomic mass is 10.2. The highest BCUT2D eigenvalue weighted by Gasteiger charge is 2.18. The van der Waals surface area contributed by atoms with E-state index < -0.39 is 0 Å². The highest BCUT2D eigenvalue weighted by atomic mass is 16.5. The van der Waals surface area contributed by atoms with Crippen LogP contribution in [0.15, 0.2) is 24.3 Å². The SMILES string of the molecule is CCOc1ccc(NC(=O)CC(=O)NC2CCCC2)cc1. The third-order valence-corrected chi connectivity index (χ3v) is 3.49. The monoisotopic (exact) mass is 290 g/mol. The number of nitrogens with one attached hydrogen (secondary N) is 2. The van der Waals surface area contributed by atoms with Crippen molar-refractivity contribution in [2.75, 3.05) is 11.9 Å². The fourth-order valence-electron chi connectivity index (χ4n) is 2.50. The number of ether oxygens (including phenoxy) is 1. The molecule has 0 atom stereocenters. The summed E-state index contributed by atoms with van der Waals surface area (Å²) in [6, 6.07) is 7.35. The van der Waals surface area contributed by atoms with Crippen molar-refractivity contribution in [3.8, 4) is 5.75 Å². The summed E-state index contributed by atoms with van der Waals surface area (Å²) in [7, 11) is 0. The zero-order valence-electron chi connectivity index (χ0n) is 12.4. The van der Waals surface area contributed by atoms with E-state index in [1.807, 2.05) is 6.92 Å². The molecule has 0 spiro atoms. The lowest BCUT2D eigenvalue weighted by molar-refractivity contribution is -0.127. The first-order valence-corrected chi connectivity index (χ1v) is 7.49. The molecule has 0 aliphatic heterocycles. The van der Waals surface area contributed by atoms with Crippen molar-refractivity contribution in [3.05, 3.63) is 24.3 Å². The smallest absolute Gasteiger partial charge is 0.233 e. The minimum Gasteiger partial charge on any atom is -0.494 e. The van der Waals surface area contributed by atoms with Crippen LogP contribution in [0.4, 0.5) is 5.69 Å². The maximum Gasteiger partial charge on any atom is 0.233 e. The summed E-state index contributed by atoms with van der Waals surface area (Å²) in [5, 5.41) is 5.61. The minimum atomic E-state index is -0.297. The number of carbonyl (C=O) groups excluding carboxylic acids is 2. The molecule has 2 rings (SSSR count). The van der Waals surface area contributed by atoms with Gasteiger partial charge in [-0.05, 0) is 44.0 Å². The fraction of sp³-hybridized carbons (Fsp3) is 0.500. The third-order valence-electron chi connectivity index (χ3n) is 3.49. The zero-order chi connectivity index (χ0) is 15.1. The lowest BCUT2D eigenvalue weighted by Gasteiger charge is -2.12. The average Bonchev–Trinajstić information content (AvgIpc) is 2.93. The topological polar surface area (TPSA) is 67.4 Å². The molecule has 1 aromatic rings. The van der Waals surface area contributed by atoms with Crippen LogP contribution in [0.25, 0.3) is 0 Å². The summed E-state index contributed by atoms with van der Waals surface area (Å²) >= 11 is 0. The van der Waals surface area contributed by atoms with Gasteiger partial charge in [-0.1, -0.05) is 12.8 Å². The molecular formula is C16H22N2O3. The van der Waals surface area contributed by atoms with E-state index in [1.54, 1.807) is 24.3 Å². The third kappa shape index (κ3) is 5.10. The molecule has 1 saturated carbocycles. The van der Waals surface area contributed by atoms with Gasteiger partial charge in [0, 0.05) is 11.7 Å². The Morgan fingerprint density at radius 3 is 2.43 bits per heavy atom. The Hall–Kier alpha value is -2.04. The Labute approximate surface area is 125 Å². The first-order chi connectivity index (χ1) is 10.2. The van der Waals surface area contributed by atoms with Crippen LogP contribution < -0.4 is 15.4 Å². The van der Waals surface area contributed by atoms with Crippen molar-refractivity contribution in [1.29, 1.82) is 0 Å². The highest BCUT2D eigenvalue weighted by Crippen LogP contribution is 2.18. The van der Waals surface area contributed by atoms with Gasteiger partial charge in [0.1, 0.15) is 12.2 Å². The number of hydrogen-bond donors (Lipinski definition) is 2. The number of benzene rings is 1. The van der Waals surface area contributed by atoms with E-state index in [0.29, 0.717) is 12.3 Å². The normalized spacial score (nSPS) is 14.7. The molecule has 114 valence electrons. The van der Waals surface area contributed by atoms with Gasteiger partial charge in [0.05, 0.1) is 6.61 Å².